The molecule has 11 nitrogen and oxygen atoms in total. The van der Waals surface area contributed by atoms with Crippen molar-refractivity contribution < 1.29 is 47.3 Å². The fourth-order valence-electron chi connectivity index (χ4n) is 3.27. The highest BCUT2D eigenvalue weighted by molar-refractivity contribution is 7.87. The maximum Gasteiger partial charge on any atom is 0.339 e. The first-order chi connectivity index (χ1) is 18.9. The van der Waals surface area contributed by atoms with Crippen molar-refractivity contribution in [3.63, 3.8) is 0 Å². The number of methoxy groups -OCH3 is 1. The van der Waals surface area contributed by atoms with Crippen LogP contribution in [0.3, 0.4) is 0 Å². The number of esters is 1. The molecule has 0 saturated carbocycles. The number of rotatable bonds is 10. The fraction of sp³-hybridized carbons (Fsp3) is 0.0385. The lowest BCUT2D eigenvalue weighted by atomic mass is 10.2. The largest absolute Gasteiger partial charge is 0.465 e. The van der Waals surface area contributed by atoms with Crippen LogP contribution in [0.5, 0.6) is 17.2 Å². The molecule has 0 fully saturated rings. The SMILES string of the molecule is COC(=O)c1cc(OS(=O)(=O)c2ccccc2)c(OS(=O)(=O)c2ccccc2)c(OS(=O)(=O)c2ccccc2)c1. The van der Waals surface area contributed by atoms with Crippen LogP contribution < -0.4 is 12.5 Å². The van der Waals surface area contributed by atoms with E-state index < -0.39 is 59.1 Å². The number of ether oxygens (including phenoxy) is 1. The molecule has 0 aliphatic heterocycles. The third-order valence-electron chi connectivity index (χ3n) is 5.13. The zero-order chi connectivity index (χ0) is 29.0. The van der Waals surface area contributed by atoms with Crippen LogP contribution in [0.1, 0.15) is 10.4 Å². The number of carbonyl (C=O) groups is 1. The zero-order valence-electron chi connectivity index (χ0n) is 20.5. The van der Waals surface area contributed by atoms with Gasteiger partial charge in [0, 0.05) is 12.1 Å². The Morgan fingerprint density at radius 1 is 0.525 bits per heavy atom. The molecular weight excluding hydrogens is 584 g/mol. The molecule has 0 amide bonds. The van der Waals surface area contributed by atoms with Gasteiger partial charge in [0.15, 0.2) is 11.5 Å². The highest BCUT2D eigenvalue weighted by Crippen LogP contribution is 2.43. The molecule has 0 unspecified atom stereocenters. The Hall–Kier alpha value is -4.40. The van der Waals surface area contributed by atoms with Gasteiger partial charge in [-0.1, -0.05) is 54.6 Å². The van der Waals surface area contributed by atoms with E-state index in [1.165, 1.54) is 72.8 Å². The molecule has 4 aromatic carbocycles. The Balaban J connectivity index is 1.94. The van der Waals surface area contributed by atoms with Crippen molar-refractivity contribution >= 4 is 36.3 Å². The minimum absolute atomic E-state index is 0.324. The predicted octanol–water partition coefficient (Wildman–Crippen LogP) is 3.78. The predicted molar refractivity (Wildman–Crippen MR) is 141 cm³/mol. The Kier molecular flexibility index (Phi) is 8.13. The van der Waals surface area contributed by atoms with E-state index >= 15 is 0 Å². The second-order valence-corrected chi connectivity index (χ2v) is 12.5. The van der Waals surface area contributed by atoms with Gasteiger partial charge < -0.3 is 17.3 Å². The van der Waals surface area contributed by atoms with Crippen LogP contribution >= 0.6 is 0 Å². The Bertz CT molecular complexity index is 1750. The van der Waals surface area contributed by atoms with Crippen LogP contribution in [0.15, 0.2) is 118 Å². The van der Waals surface area contributed by atoms with Gasteiger partial charge in [-0.05, 0) is 36.4 Å². The maximum atomic E-state index is 13.1. The third kappa shape index (κ3) is 6.42. The molecule has 0 heterocycles. The van der Waals surface area contributed by atoms with E-state index in [0.717, 1.165) is 19.2 Å². The van der Waals surface area contributed by atoms with Crippen molar-refractivity contribution in [2.45, 2.75) is 14.7 Å². The number of hydrogen-bond acceptors (Lipinski definition) is 11. The molecule has 14 heteroatoms. The second-order valence-electron chi connectivity index (χ2n) is 7.84. The summed E-state index contributed by atoms with van der Waals surface area (Å²) in [7, 11) is -13.0. The van der Waals surface area contributed by atoms with E-state index in [1.54, 1.807) is 18.2 Å². The first kappa shape index (κ1) is 28.6. The molecule has 4 aromatic rings. The molecule has 0 aromatic heterocycles. The van der Waals surface area contributed by atoms with Gasteiger partial charge in [0.2, 0.25) is 5.75 Å². The van der Waals surface area contributed by atoms with Gasteiger partial charge in [0.25, 0.3) is 0 Å². The lowest BCUT2D eigenvalue weighted by Gasteiger charge is -2.17. The van der Waals surface area contributed by atoms with Crippen LogP contribution in [0.2, 0.25) is 0 Å². The third-order valence-corrected chi connectivity index (χ3v) is 8.86. The van der Waals surface area contributed by atoms with Crippen LogP contribution in [0.25, 0.3) is 0 Å². The standard InChI is InChI=1S/C26H20O11S3/c1-34-26(27)19-17-23(35-38(28,29)20-11-5-2-6-12-20)25(37-40(32,33)22-15-9-4-10-16-22)24(18-19)36-39(30,31)21-13-7-3-8-14-21/h2-18H,1H3. The molecule has 0 atom stereocenters. The summed E-state index contributed by atoms with van der Waals surface area (Å²) in [5, 5.41) is 0. The highest BCUT2D eigenvalue weighted by Gasteiger charge is 2.31. The summed E-state index contributed by atoms with van der Waals surface area (Å²) in [5.41, 5.74) is -0.427. The van der Waals surface area contributed by atoms with E-state index in [4.69, 9.17) is 12.5 Å². The summed E-state index contributed by atoms with van der Waals surface area (Å²) >= 11 is 0. The molecule has 0 bridgehead atoms. The lowest BCUT2D eigenvalue weighted by molar-refractivity contribution is 0.0600. The number of hydrogen-bond donors (Lipinski definition) is 0. The first-order valence-corrected chi connectivity index (χ1v) is 15.4. The monoisotopic (exact) mass is 604 g/mol. The molecule has 0 aliphatic rings. The summed E-state index contributed by atoms with van der Waals surface area (Å²) in [4.78, 5) is 11.4. The van der Waals surface area contributed by atoms with E-state index in [-0.39, 0.29) is 14.7 Å². The van der Waals surface area contributed by atoms with Crippen molar-refractivity contribution in [3.8, 4) is 17.2 Å². The fourth-order valence-corrected chi connectivity index (χ4v) is 6.13. The molecular formula is C26H20O11S3. The highest BCUT2D eigenvalue weighted by atomic mass is 32.2. The Labute approximate surface area is 230 Å². The van der Waals surface area contributed by atoms with Gasteiger partial charge >= 0.3 is 36.3 Å². The molecule has 0 saturated heterocycles. The van der Waals surface area contributed by atoms with Crippen molar-refractivity contribution in [2.75, 3.05) is 7.11 Å². The molecule has 0 aliphatic carbocycles. The average molecular weight is 605 g/mol. The van der Waals surface area contributed by atoms with Crippen molar-refractivity contribution in [2.24, 2.45) is 0 Å². The van der Waals surface area contributed by atoms with Crippen molar-refractivity contribution in [1.29, 1.82) is 0 Å². The van der Waals surface area contributed by atoms with Gasteiger partial charge in [-0.2, -0.15) is 25.3 Å². The van der Waals surface area contributed by atoms with Crippen molar-refractivity contribution in [1.82, 2.24) is 0 Å². The second kappa shape index (κ2) is 11.4. The van der Waals surface area contributed by atoms with E-state index in [9.17, 15) is 30.0 Å². The summed E-state index contributed by atoms with van der Waals surface area (Å²) < 4.78 is 98.8. The average Bonchev–Trinajstić information content (AvgIpc) is 2.95. The van der Waals surface area contributed by atoms with E-state index in [2.05, 4.69) is 4.74 Å². The molecule has 0 radical (unpaired) electrons. The van der Waals surface area contributed by atoms with Crippen LogP contribution in [0, 0.1) is 0 Å². The number of carbonyl (C=O) groups excluding carboxylic acids is 1. The summed E-state index contributed by atoms with van der Waals surface area (Å²) in [5.74, 6) is -3.70. The molecule has 0 spiro atoms. The van der Waals surface area contributed by atoms with Gasteiger partial charge in [0.1, 0.15) is 14.7 Å². The van der Waals surface area contributed by atoms with Crippen LogP contribution in [-0.2, 0) is 35.1 Å². The quantitative estimate of drug-likeness (QED) is 0.192. The minimum Gasteiger partial charge on any atom is -0.465 e. The molecule has 4 rings (SSSR count). The van der Waals surface area contributed by atoms with Gasteiger partial charge in [-0.25, -0.2) is 4.79 Å². The first-order valence-electron chi connectivity index (χ1n) is 11.2. The van der Waals surface area contributed by atoms with Crippen molar-refractivity contribution in [3.05, 3.63) is 109 Å². The minimum atomic E-state index is -4.70. The molecule has 40 heavy (non-hydrogen) atoms. The van der Waals surface area contributed by atoms with Gasteiger partial charge in [-0.3, -0.25) is 0 Å². The van der Waals surface area contributed by atoms with E-state index in [1.807, 2.05) is 0 Å². The summed E-state index contributed by atoms with van der Waals surface area (Å²) in [6.45, 7) is 0. The van der Waals surface area contributed by atoms with Gasteiger partial charge in [0.05, 0.1) is 12.7 Å². The Morgan fingerprint density at radius 3 is 1.18 bits per heavy atom. The summed E-state index contributed by atoms with van der Waals surface area (Å²) in [6, 6.07) is 22.0. The van der Waals surface area contributed by atoms with E-state index in [0.29, 0.717) is 0 Å². The lowest BCUT2D eigenvalue weighted by Crippen LogP contribution is -2.17. The maximum absolute atomic E-state index is 13.1. The molecule has 208 valence electrons. The topological polar surface area (TPSA) is 156 Å². The zero-order valence-corrected chi connectivity index (χ0v) is 23.0. The van der Waals surface area contributed by atoms with Gasteiger partial charge in [-0.15, -0.1) is 0 Å². The molecule has 0 N–H and O–H groups in total. The van der Waals surface area contributed by atoms with Crippen LogP contribution in [-0.4, -0.2) is 38.3 Å². The smallest absolute Gasteiger partial charge is 0.339 e. The number of benzene rings is 4. The normalized spacial score (nSPS) is 11.8. The van der Waals surface area contributed by atoms with Crippen LogP contribution in [0.4, 0.5) is 0 Å². The Morgan fingerprint density at radius 2 is 0.850 bits per heavy atom. The summed E-state index contributed by atoms with van der Waals surface area (Å²) in [6.07, 6.45) is 0.